The van der Waals surface area contributed by atoms with Crippen LogP contribution in [0.3, 0.4) is 0 Å². The fraction of sp³-hybridized carbons (Fsp3) is 0.381. The van der Waals surface area contributed by atoms with Crippen molar-refractivity contribution in [2.45, 2.75) is 51.1 Å². The molecule has 4 aliphatic rings. The lowest BCUT2D eigenvalue weighted by molar-refractivity contribution is 0.742. The van der Waals surface area contributed by atoms with Crippen molar-refractivity contribution < 1.29 is 0 Å². The number of hydrogen-bond acceptors (Lipinski definition) is 4. The second-order valence-electron chi connectivity index (χ2n) is 7.18. The van der Waals surface area contributed by atoms with Crippen LogP contribution in [-0.4, -0.2) is 21.7 Å². The molecule has 0 saturated heterocycles. The highest BCUT2D eigenvalue weighted by Crippen LogP contribution is 2.36. The summed E-state index contributed by atoms with van der Waals surface area (Å²) >= 11 is 0. The molecule has 1 aromatic rings. The van der Waals surface area contributed by atoms with Crippen molar-refractivity contribution in [2.24, 2.45) is 4.99 Å². The number of nitrogens with zero attached hydrogens (tertiary/aromatic N) is 3. The van der Waals surface area contributed by atoms with E-state index in [1.165, 1.54) is 42.4 Å². The van der Waals surface area contributed by atoms with Crippen LogP contribution in [0.4, 0.5) is 5.95 Å². The Balaban J connectivity index is 1.52. The second kappa shape index (κ2) is 6.10. The standard InChI is InChI=1S/C21H22N4/c1-2-7-14(6-1)19-17-10-5-11-18(17)20-15(12-22-19)13-23-21(25-20)24-16-8-3-4-9-16/h1-2,5-6,11,13,16H,3-4,7-10,12H2,(H,23,24,25). The van der Waals surface area contributed by atoms with Gasteiger partial charge in [-0.1, -0.05) is 43.2 Å². The second-order valence-corrected chi connectivity index (χ2v) is 7.18. The van der Waals surface area contributed by atoms with E-state index < -0.39 is 0 Å². The summed E-state index contributed by atoms with van der Waals surface area (Å²) in [7, 11) is 0. The van der Waals surface area contributed by atoms with Gasteiger partial charge in [-0.3, -0.25) is 4.99 Å². The average Bonchev–Trinajstić information content (AvgIpc) is 3.37. The highest BCUT2D eigenvalue weighted by Gasteiger charge is 2.26. The minimum absolute atomic E-state index is 0.526. The van der Waals surface area contributed by atoms with E-state index in [-0.39, 0.29) is 0 Å². The predicted octanol–water partition coefficient (Wildman–Crippen LogP) is 4.39. The van der Waals surface area contributed by atoms with Crippen LogP contribution >= 0.6 is 0 Å². The summed E-state index contributed by atoms with van der Waals surface area (Å²) in [6.45, 7) is 0.659. The van der Waals surface area contributed by atoms with Gasteiger partial charge in [-0.05, 0) is 36.8 Å². The van der Waals surface area contributed by atoms with E-state index >= 15 is 0 Å². The lowest BCUT2D eigenvalue weighted by atomic mass is 9.96. The first kappa shape index (κ1) is 14.8. The first-order chi connectivity index (χ1) is 12.4. The van der Waals surface area contributed by atoms with Crippen molar-refractivity contribution in [3.63, 3.8) is 0 Å². The zero-order valence-electron chi connectivity index (χ0n) is 14.3. The molecule has 4 heteroatoms. The van der Waals surface area contributed by atoms with E-state index in [4.69, 9.17) is 9.98 Å². The van der Waals surface area contributed by atoms with Crippen molar-refractivity contribution in [1.82, 2.24) is 9.97 Å². The van der Waals surface area contributed by atoms with E-state index in [2.05, 4.69) is 40.7 Å². The van der Waals surface area contributed by atoms with Crippen LogP contribution in [0.25, 0.3) is 5.57 Å². The molecule has 3 aliphatic carbocycles. The van der Waals surface area contributed by atoms with Gasteiger partial charge >= 0.3 is 0 Å². The first-order valence-electron chi connectivity index (χ1n) is 9.32. The van der Waals surface area contributed by atoms with E-state index in [0.29, 0.717) is 12.6 Å². The van der Waals surface area contributed by atoms with Crippen LogP contribution in [0, 0.1) is 0 Å². The lowest BCUT2D eigenvalue weighted by Crippen LogP contribution is -2.17. The highest BCUT2D eigenvalue weighted by atomic mass is 15.1. The van der Waals surface area contributed by atoms with E-state index in [1.807, 2.05) is 6.20 Å². The molecule has 0 radical (unpaired) electrons. The van der Waals surface area contributed by atoms with Gasteiger partial charge < -0.3 is 5.32 Å². The maximum absolute atomic E-state index is 4.93. The van der Waals surface area contributed by atoms with Crippen molar-refractivity contribution >= 4 is 17.2 Å². The third-order valence-corrected chi connectivity index (χ3v) is 5.51. The fourth-order valence-corrected chi connectivity index (χ4v) is 4.21. The van der Waals surface area contributed by atoms with Crippen LogP contribution < -0.4 is 5.32 Å². The van der Waals surface area contributed by atoms with Gasteiger partial charge in [-0.2, -0.15) is 0 Å². The van der Waals surface area contributed by atoms with Crippen molar-refractivity contribution in [1.29, 1.82) is 0 Å². The normalized spacial score (nSPS) is 21.9. The molecule has 0 spiro atoms. The lowest BCUT2D eigenvalue weighted by Gasteiger charge is -2.14. The number of hydrogen-bond donors (Lipinski definition) is 1. The summed E-state index contributed by atoms with van der Waals surface area (Å²) in [5, 5.41) is 3.53. The van der Waals surface area contributed by atoms with Crippen LogP contribution in [0.1, 0.15) is 49.8 Å². The van der Waals surface area contributed by atoms with Gasteiger partial charge in [-0.15, -0.1) is 0 Å². The molecule has 0 amide bonds. The van der Waals surface area contributed by atoms with Gasteiger partial charge in [0.25, 0.3) is 0 Å². The van der Waals surface area contributed by atoms with Crippen molar-refractivity contribution in [3.8, 4) is 0 Å². The molecule has 0 bridgehead atoms. The maximum Gasteiger partial charge on any atom is 0.223 e. The molecule has 25 heavy (non-hydrogen) atoms. The quantitative estimate of drug-likeness (QED) is 0.894. The molecule has 0 aromatic carbocycles. The van der Waals surface area contributed by atoms with Crippen LogP contribution in [-0.2, 0) is 6.54 Å². The first-order valence-corrected chi connectivity index (χ1v) is 9.32. The summed E-state index contributed by atoms with van der Waals surface area (Å²) in [4.78, 5) is 14.4. The molecule has 126 valence electrons. The monoisotopic (exact) mass is 330 g/mol. The van der Waals surface area contributed by atoms with Gasteiger partial charge in [0, 0.05) is 23.4 Å². The number of aliphatic imine (C=N–C) groups is 1. The number of allylic oxidation sites excluding steroid dienone is 8. The Morgan fingerprint density at radius 1 is 1.08 bits per heavy atom. The smallest absolute Gasteiger partial charge is 0.223 e. The molecule has 2 heterocycles. The van der Waals surface area contributed by atoms with Crippen LogP contribution in [0.5, 0.6) is 0 Å². The number of anilines is 1. The fourth-order valence-electron chi connectivity index (χ4n) is 4.21. The van der Waals surface area contributed by atoms with Crippen LogP contribution in [0.15, 0.2) is 52.7 Å². The van der Waals surface area contributed by atoms with Gasteiger partial charge in [-0.25, -0.2) is 9.97 Å². The third kappa shape index (κ3) is 2.66. The number of aromatic nitrogens is 2. The molecule has 1 aromatic heterocycles. The minimum Gasteiger partial charge on any atom is -0.351 e. The molecule has 4 nitrogen and oxygen atoms in total. The topological polar surface area (TPSA) is 50.2 Å². The van der Waals surface area contributed by atoms with Crippen LogP contribution in [0.2, 0.25) is 0 Å². The van der Waals surface area contributed by atoms with Gasteiger partial charge in [0.05, 0.1) is 18.0 Å². The average molecular weight is 330 g/mol. The molecule has 1 aliphatic heterocycles. The Kier molecular flexibility index (Phi) is 3.62. The Morgan fingerprint density at radius 2 is 2.00 bits per heavy atom. The Morgan fingerprint density at radius 3 is 2.84 bits per heavy atom. The molecule has 0 atom stereocenters. The highest BCUT2D eigenvalue weighted by molar-refractivity contribution is 6.19. The molecular weight excluding hydrogens is 308 g/mol. The third-order valence-electron chi connectivity index (χ3n) is 5.51. The Labute approximate surface area is 148 Å². The Hall–Kier alpha value is -2.49. The molecular formula is C21H22N4. The zero-order valence-corrected chi connectivity index (χ0v) is 14.3. The maximum atomic E-state index is 4.93. The zero-order chi connectivity index (χ0) is 16.6. The number of rotatable bonds is 3. The van der Waals surface area contributed by atoms with Gasteiger partial charge in [0.2, 0.25) is 5.95 Å². The summed E-state index contributed by atoms with van der Waals surface area (Å²) in [5.74, 6) is 0.767. The largest absolute Gasteiger partial charge is 0.351 e. The molecule has 5 rings (SSSR count). The van der Waals surface area contributed by atoms with Gasteiger partial charge in [0.1, 0.15) is 0 Å². The SMILES string of the molecule is C1=CCC(C2=NCc3cnc(NC4CCCC4)nc3C3=C2CC=C3)=C1. The number of nitrogens with one attached hydrogen (secondary N) is 1. The van der Waals surface area contributed by atoms with E-state index in [9.17, 15) is 0 Å². The van der Waals surface area contributed by atoms with E-state index in [1.54, 1.807) is 0 Å². The molecule has 0 unspecified atom stereocenters. The van der Waals surface area contributed by atoms with Crippen molar-refractivity contribution in [2.75, 3.05) is 5.32 Å². The van der Waals surface area contributed by atoms with E-state index in [0.717, 1.165) is 35.8 Å². The number of fused-ring (bicyclic) bond motifs is 2. The summed E-state index contributed by atoms with van der Waals surface area (Å²) in [6.07, 6.45) is 19.9. The molecule has 1 fully saturated rings. The van der Waals surface area contributed by atoms with Gasteiger partial charge in [0.15, 0.2) is 0 Å². The molecule has 1 saturated carbocycles. The summed E-state index contributed by atoms with van der Waals surface area (Å²) < 4.78 is 0. The Bertz CT molecular complexity index is 864. The summed E-state index contributed by atoms with van der Waals surface area (Å²) in [5.41, 5.74) is 7.21. The summed E-state index contributed by atoms with van der Waals surface area (Å²) in [6, 6.07) is 0.526. The minimum atomic E-state index is 0.526. The van der Waals surface area contributed by atoms with Crippen molar-refractivity contribution in [3.05, 3.63) is 59.0 Å². The molecule has 1 N–H and O–H groups in total. The predicted molar refractivity (Wildman–Crippen MR) is 102 cm³/mol.